The van der Waals surface area contributed by atoms with Crippen molar-refractivity contribution in [2.24, 2.45) is 11.8 Å². The summed E-state index contributed by atoms with van der Waals surface area (Å²) in [6.07, 6.45) is 0. The van der Waals surface area contributed by atoms with Gasteiger partial charge in [0, 0.05) is 16.8 Å². The van der Waals surface area contributed by atoms with E-state index in [0.29, 0.717) is 34.6 Å². The Bertz CT molecular complexity index is 777. The predicted molar refractivity (Wildman–Crippen MR) is 96.1 cm³/mol. The number of fused-ring (bicyclic) bond motifs is 1. The van der Waals surface area contributed by atoms with Crippen LogP contribution in [-0.2, 0) is 9.59 Å². The molecule has 0 heterocycles. The Morgan fingerprint density at radius 3 is 2.00 bits per heavy atom. The first kappa shape index (κ1) is 18.8. The Labute approximate surface area is 147 Å². The standard InChI is InChI=1S/C20H24O5/c1-6-23-17-11-16(24-19(21)12(2)3)14-9-7-8-10-15(14)18(17)25-20(22)13(4)5/h7-13H,6H2,1-5H3. The summed E-state index contributed by atoms with van der Waals surface area (Å²) >= 11 is 0. The van der Waals surface area contributed by atoms with Gasteiger partial charge in [-0.15, -0.1) is 0 Å². The number of carbonyl (C=O) groups is 2. The highest BCUT2D eigenvalue weighted by Gasteiger charge is 2.21. The maximum absolute atomic E-state index is 12.1. The molecule has 0 aromatic heterocycles. The summed E-state index contributed by atoms with van der Waals surface area (Å²) < 4.78 is 16.7. The molecule has 0 aliphatic heterocycles. The monoisotopic (exact) mass is 344 g/mol. The third-order valence-corrected chi connectivity index (χ3v) is 3.58. The number of benzene rings is 2. The van der Waals surface area contributed by atoms with Crippen molar-refractivity contribution in [1.29, 1.82) is 0 Å². The molecule has 0 aliphatic carbocycles. The molecule has 0 fully saturated rings. The normalized spacial score (nSPS) is 11.0. The van der Waals surface area contributed by atoms with Gasteiger partial charge in [0.1, 0.15) is 5.75 Å². The van der Waals surface area contributed by atoms with Gasteiger partial charge < -0.3 is 14.2 Å². The smallest absolute Gasteiger partial charge is 0.313 e. The minimum atomic E-state index is -0.349. The second kappa shape index (κ2) is 8.01. The average Bonchev–Trinajstić information content (AvgIpc) is 2.57. The van der Waals surface area contributed by atoms with E-state index in [0.717, 1.165) is 0 Å². The highest BCUT2D eigenvalue weighted by atomic mass is 16.6. The first-order valence-electron chi connectivity index (χ1n) is 8.47. The van der Waals surface area contributed by atoms with Crippen LogP contribution in [0.5, 0.6) is 17.2 Å². The van der Waals surface area contributed by atoms with Crippen molar-refractivity contribution >= 4 is 22.7 Å². The van der Waals surface area contributed by atoms with E-state index >= 15 is 0 Å². The second-order valence-corrected chi connectivity index (χ2v) is 6.33. The Morgan fingerprint density at radius 1 is 0.880 bits per heavy atom. The lowest BCUT2D eigenvalue weighted by Crippen LogP contribution is -2.17. The fourth-order valence-corrected chi connectivity index (χ4v) is 2.19. The van der Waals surface area contributed by atoms with E-state index < -0.39 is 0 Å². The van der Waals surface area contributed by atoms with Crippen LogP contribution in [0.15, 0.2) is 30.3 Å². The van der Waals surface area contributed by atoms with Gasteiger partial charge >= 0.3 is 11.9 Å². The zero-order valence-corrected chi connectivity index (χ0v) is 15.3. The van der Waals surface area contributed by atoms with Gasteiger partial charge in [0.25, 0.3) is 0 Å². The SMILES string of the molecule is CCOc1cc(OC(=O)C(C)C)c2ccccc2c1OC(=O)C(C)C. The van der Waals surface area contributed by atoms with Crippen molar-refractivity contribution in [2.45, 2.75) is 34.6 Å². The van der Waals surface area contributed by atoms with Gasteiger partial charge in [0.15, 0.2) is 11.5 Å². The Morgan fingerprint density at radius 2 is 1.44 bits per heavy atom. The summed E-state index contributed by atoms with van der Waals surface area (Å²) in [5.41, 5.74) is 0. The molecule has 0 atom stereocenters. The molecule has 0 N–H and O–H groups in total. The van der Waals surface area contributed by atoms with Crippen LogP contribution >= 0.6 is 0 Å². The van der Waals surface area contributed by atoms with Gasteiger partial charge in [0.2, 0.25) is 0 Å². The number of rotatable bonds is 6. The lowest BCUT2D eigenvalue weighted by molar-refractivity contribution is -0.138. The molecule has 0 saturated heterocycles. The molecule has 134 valence electrons. The van der Waals surface area contributed by atoms with Gasteiger partial charge in [0.05, 0.1) is 18.4 Å². The fraction of sp³-hybridized carbons (Fsp3) is 0.400. The Hall–Kier alpha value is -2.56. The maximum Gasteiger partial charge on any atom is 0.313 e. The molecule has 0 spiro atoms. The molecule has 25 heavy (non-hydrogen) atoms. The van der Waals surface area contributed by atoms with Crippen LogP contribution in [0, 0.1) is 11.8 Å². The van der Waals surface area contributed by atoms with Gasteiger partial charge in [-0.2, -0.15) is 0 Å². The predicted octanol–water partition coefficient (Wildman–Crippen LogP) is 4.36. The fourth-order valence-electron chi connectivity index (χ4n) is 2.19. The summed E-state index contributed by atoms with van der Waals surface area (Å²) in [5, 5.41) is 1.35. The van der Waals surface area contributed by atoms with Gasteiger partial charge in [-0.3, -0.25) is 9.59 Å². The zero-order chi connectivity index (χ0) is 18.6. The van der Waals surface area contributed by atoms with E-state index in [-0.39, 0.29) is 23.8 Å². The van der Waals surface area contributed by atoms with E-state index in [4.69, 9.17) is 14.2 Å². The summed E-state index contributed by atoms with van der Waals surface area (Å²) in [5.74, 6) is -0.0960. The van der Waals surface area contributed by atoms with Gasteiger partial charge in [-0.1, -0.05) is 52.0 Å². The molecule has 5 heteroatoms. The lowest BCUT2D eigenvalue weighted by atomic mass is 10.1. The van der Waals surface area contributed by atoms with E-state index in [9.17, 15) is 9.59 Å². The Kier molecular flexibility index (Phi) is 6.02. The van der Waals surface area contributed by atoms with Crippen LogP contribution in [0.2, 0.25) is 0 Å². The molecule has 0 radical (unpaired) electrons. The number of ether oxygens (including phenoxy) is 3. The molecule has 2 aromatic carbocycles. The van der Waals surface area contributed by atoms with Crippen molar-refractivity contribution < 1.29 is 23.8 Å². The van der Waals surface area contributed by atoms with Crippen LogP contribution in [0.3, 0.4) is 0 Å². The van der Waals surface area contributed by atoms with Crippen molar-refractivity contribution in [3.63, 3.8) is 0 Å². The van der Waals surface area contributed by atoms with Gasteiger partial charge in [-0.05, 0) is 6.92 Å². The first-order chi connectivity index (χ1) is 11.8. The number of carbonyl (C=O) groups excluding carboxylic acids is 2. The third kappa shape index (κ3) is 4.29. The second-order valence-electron chi connectivity index (χ2n) is 6.33. The van der Waals surface area contributed by atoms with Crippen LogP contribution in [0.4, 0.5) is 0 Å². The highest BCUT2D eigenvalue weighted by molar-refractivity contribution is 5.98. The van der Waals surface area contributed by atoms with Crippen LogP contribution in [0.1, 0.15) is 34.6 Å². The molecular weight excluding hydrogens is 320 g/mol. The number of esters is 2. The molecule has 2 rings (SSSR count). The average molecular weight is 344 g/mol. The van der Waals surface area contributed by atoms with Gasteiger partial charge in [-0.25, -0.2) is 0 Å². The molecule has 0 aliphatic rings. The molecule has 2 aromatic rings. The van der Waals surface area contributed by atoms with E-state index in [1.807, 2.05) is 31.2 Å². The molecular formula is C20H24O5. The van der Waals surface area contributed by atoms with Crippen molar-refractivity contribution in [3.8, 4) is 17.2 Å². The quantitative estimate of drug-likeness (QED) is 0.575. The molecule has 0 saturated carbocycles. The first-order valence-corrected chi connectivity index (χ1v) is 8.47. The molecule has 0 bridgehead atoms. The lowest BCUT2D eigenvalue weighted by Gasteiger charge is -2.17. The van der Waals surface area contributed by atoms with E-state index in [1.54, 1.807) is 33.8 Å². The topological polar surface area (TPSA) is 61.8 Å². The Balaban J connectivity index is 2.61. The maximum atomic E-state index is 12.1. The van der Waals surface area contributed by atoms with Crippen LogP contribution in [-0.4, -0.2) is 18.5 Å². The number of hydrogen-bond donors (Lipinski definition) is 0. The third-order valence-electron chi connectivity index (χ3n) is 3.58. The number of hydrogen-bond acceptors (Lipinski definition) is 5. The van der Waals surface area contributed by atoms with Crippen LogP contribution < -0.4 is 14.2 Å². The molecule has 0 amide bonds. The molecule has 0 unspecified atom stereocenters. The highest BCUT2D eigenvalue weighted by Crippen LogP contribution is 2.42. The van der Waals surface area contributed by atoms with Crippen LogP contribution in [0.25, 0.3) is 10.8 Å². The van der Waals surface area contributed by atoms with Crippen molar-refractivity contribution in [2.75, 3.05) is 6.61 Å². The summed E-state index contributed by atoms with van der Waals surface area (Å²) in [4.78, 5) is 24.1. The minimum Gasteiger partial charge on any atom is -0.490 e. The summed E-state index contributed by atoms with van der Waals surface area (Å²) in [6.45, 7) is 9.30. The zero-order valence-electron chi connectivity index (χ0n) is 15.3. The van der Waals surface area contributed by atoms with Crippen molar-refractivity contribution in [3.05, 3.63) is 30.3 Å². The van der Waals surface area contributed by atoms with Crippen molar-refractivity contribution in [1.82, 2.24) is 0 Å². The summed E-state index contributed by atoms with van der Waals surface area (Å²) in [7, 11) is 0. The molecule has 5 nitrogen and oxygen atoms in total. The van der Waals surface area contributed by atoms with E-state index in [2.05, 4.69) is 0 Å². The van der Waals surface area contributed by atoms with E-state index in [1.165, 1.54) is 0 Å². The minimum absolute atomic E-state index is 0.257. The largest absolute Gasteiger partial charge is 0.490 e. The summed E-state index contributed by atoms with van der Waals surface area (Å²) in [6, 6.07) is 8.91.